The number of ether oxygens (including phenoxy) is 1. The van der Waals surface area contributed by atoms with E-state index in [1.54, 1.807) is 25.5 Å². The molecule has 0 radical (unpaired) electrons. The molecule has 0 aliphatic rings. The van der Waals surface area contributed by atoms with Crippen molar-refractivity contribution in [1.29, 1.82) is 0 Å². The van der Waals surface area contributed by atoms with Crippen LogP contribution in [0.5, 0.6) is 0 Å². The van der Waals surface area contributed by atoms with Crippen molar-refractivity contribution in [3.63, 3.8) is 0 Å². The first-order chi connectivity index (χ1) is 9.63. The second-order valence-electron chi connectivity index (χ2n) is 4.35. The smallest absolute Gasteiger partial charge is 0.328 e. The predicted octanol–water partition coefficient (Wildman–Crippen LogP) is 1.31. The van der Waals surface area contributed by atoms with E-state index >= 15 is 0 Å². The lowest BCUT2D eigenvalue weighted by Gasteiger charge is -2.28. The molecule has 1 amide bonds. The van der Waals surface area contributed by atoms with Crippen molar-refractivity contribution in [1.82, 2.24) is 14.9 Å². The Hall–Kier alpha value is -2.11. The van der Waals surface area contributed by atoms with Crippen LogP contribution in [0.2, 0.25) is 0 Å². The maximum atomic E-state index is 12.1. The first-order valence-corrected chi connectivity index (χ1v) is 6.62. The van der Waals surface area contributed by atoms with Crippen LogP contribution in [0.1, 0.15) is 26.0 Å². The number of amides is 1. The van der Waals surface area contributed by atoms with E-state index in [-0.39, 0.29) is 5.91 Å². The molecule has 1 heterocycles. The fraction of sp³-hybridized carbons (Fsp3) is 0.500. The average molecular weight is 279 g/mol. The number of aromatic nitrogens is 2. The highest BCUT2D eigenvalue weighted by atomic mass is 16.5. The molecule has 20 heavy (non-hydrogen) atoms. The van der Waals surface area contributed by atoms with E-state index in [0.29, 0.717) is 13.0 Å². The number of nitrogens with one attached hydrogen (secondary N) is 1. The lowest BCUT2D eigenvalue weighted by Crippen LogP contribution is -2.46. The van der Waals surface area contributed by atoms with Crippen molar-refractivity contribution < 1.29 is 14.3 Å². The number of H-pyrrole nitrogens is 1. The number of hydrogen-bond donors (Lipinski definition) is 1. The molecule has 0 fully saturated rings. The molecule has 0 saturated heterocycles. The molecule has 0 saturated carbocycles. The molecule has 0 aromatic carbocycles. The van der Waals surface area contributed by atoms with E-state index in [9.17, 15) is 9.59 Å². The van der Waals surface area contributed by atoms with Crippen LogP contribution in [0.4, 0.5) is 0 Å². The van der Waals surface area contributed by atoms with Gasteiger partial charge in [0.05, 0.1) is 13.4 Å². The van der Waals surface area contributed by atoms with Crippen molar-refractivity contribution in [3.8, 4) is 0 Å². The predicted molar refractivity (Wildman–Crippen MR) is 74.9 cm³/mol. The lowest BCUT2D eigenvalue weighted by molar-refractivity contribution is -0.151. The van der Waals surface area contributed by atoms with Gasteiger partial charge in [0.25, 0.3) is 0 Å². The summed E-state index contributed by atoms with van der Waals surface area (Å²) in [5.74, 6) is -0.616. The minimum Gasteiger partial charge on any atom is -0.467 e. The van der Waals surface area contributed by atoms with E-state index in [1.165, 1.54) is 18.1 Å². The zero-order chi connectivity index (χ0) is 15.0. The first kappa shape index (κ1) is 15.9. The highest BCUT2D eigenvalue weighted by Gasteiger charge is 2.29. The van der Waals surface area contributed by atoms with Gasteiger partial charge >= 0.3 is 5.97 Å². The summed E-state index contributed by atoms with van der Waals surface area (Å²) in [6.07, 6.45) is 7.42. The van der Waals surface area contributed by atoms with Crippen LogP contribution >= 0.6 is 0 Å². The number of aromatic amines is 1. The van der Waals surface area contributed by atoms with E-state index < -0.39 is 12.0 Å². The second-order valence-corrected chi connectivity index (χ2v) is 4.35. The molecule has 110 valence electrons. The van der Waals surface area contributed by atoms with Gasteiger partial charge in [-0.3, -0.25) is 4.79 Å². The van der Waals surface area contributed by atoms with Crippen LogP contribution in [0.15, 0.2) is 24.7 Å². The van der Waals surface area contributed by atoms with Gasteiger partial charge in [-0.1, -0.05) is 13.0 Å². The third kappa shape index (κ3) is 4.22. The number of imidazole rings is 1. The Morgan fingerprint density at radius 3 is 2.80 bits per heavy atom. The minimum atomic E-state index is -0.649. The number of allylic oxidation sites excluding steroid dienone is 1. The number of methoxy groups -OCH3 is 1. The topological polar surface area (TPSA) is 75.3 Å². The second kappa shape index (κ2) is 8.14. The summed E-state index contributed by atoms with van der Waals surface area (Å²) < 4.78 is 4.83. The van der Waals surface area contributed by atoms with Crippen LogP contribution in [0.3, 0.4) is 0 Å². The van der Waals surface area contributed by atoms with Crippen LogP contribution in [0.25, 0.3) is 0 Å². The molecule has 6 nitrogen and oxygen atoms in total. The third-order valence-electron chi connectivity index (χ3n) is 2.87. The Bertz CT molecular complexity index is 454. The normalized spacial score (nSPS) is 12.3. The monoisotopic (exact) mass is 279 g/mol. The fourth-order valence-corrected chi connectivity index (χ4v) is 1.96. The highest BCUT2D eigenvalue weighted by Crippen LogP contribution is 2.11. The molecule has 1 rings (SSSR count). The molecule has 1 aromatic heterocycles. The van der Waals surface area contributed by atoms with Gasteiger partial charge in [-0.2, -0.15) is 0 Å². The molecule has 1 N–H and O–H groups in total. The first-order valence-electron chi connectivity index (χ1n) is 6.62. The molecule has 0 bridgehead atoms. The number of carbonyl (C=O) groups excluding carboxylic acids is 2. The molecule has 1 aromatic rings. The summed E-state index contributed by atoms with van der Waals surface area (Å²) in [6.45, 7) is 4.22. The van der Waals surface area contributed by atoms with Crippen molar-refractivity contribution in [2.75, 3.05) is 13.7 Å². The quantitative estimate of drug-likeness (QED) is 0.603. The molecule has 0 aliphatic carbocycles. The number of hydrogen-bond acceptors (Lipinski definition) is 4. The summed E-state index contributed by atoms with van der Waals surface area (Å²) >= 11 is 0. The number of carbonyl (C=O) groups is 2. The number of rotatable bonds is 7. The molecule has 0 aliphatic heterocycles. The van der Waals surface area contributed by atoms with Crippen molar-refractivity contribution in [3.05, 3.63) is 30.4 Å². The molecule has 0 unspecified atom stereocenters. The van der Waals surface area contributed by atoms with Crippen LogP contribution in [0, 0.1) is 0 Å². The van der Waals surface area contributed by atoms with Gasteiger partial charge in [0.15, 0.2) is 0 Å². The summed E-state index contributed by atoms with van der Waals surface area (Å²) in [4.78, 5) is 32.5. The zero-order valence-corrected chi connectivity index (χ0v) is 12.1. The largest absolute Gasteiger partial charge is 0.467 e. The third-order valence-corrected chi connectivity index (χ3v) is 2.87. The lowest BCUT2D eigenvalue weighted by atomic mass is 10.1. The van der Waals surface area contributed by atoms with E-state index in [1.807, 2.05) is 6.92 Å². The van der Waals surface area contributed by atoms with Crippen LogP contribution in [-0.4, -0.2) is 46.4 Å². The van der Waals surface area contributed by atoms with E-state index in [0.717, 1.165) is 12.1 Å². The van der Waals surface area contributed by atoms with Crippen molar-refractivity contribution in [2.45, 2.75) is 32.7 Å². The summed E-state index contributed by atoms with van der Waals surface area (Å²) in [7, 11) is 1.33. The van der Waals surface area contributed by atoms with Gasteiger partial charge in [0.2, 0.25) is 5.91 Å². The van der Waals surface area contributed by atoms with Crippen LogP contribution in [-0.2, 0) is 20.7 Å². The Kier molecular flexibility index (Phi) is 6.49. The highest BCUT2D eigenvalue weighted by molar-refractivity contribution is 5.91. The maximum absolute atomic E-state index is 12.1. The molecule has 6 heteroatoms. The van der Waals surface area contributed by atoms with Gasteiger partial charge < -0.3 is 14.6 Å². The molecule has 1 atom stereocenters. The van der Waals surface area contributed by atoms with Crippen molar-refractivity contribution in [2.24, 2.45) is 0 Å². The van der Waals surface area contributed by atoms with Gasteiger partial charge in [-0.15, -0.1) is 0 Å². The molecular formula is C14H21N3O3. The fourth-order valence-electron chi connectivity index (χ4n) is 1.96. The minimum absolute atomic E-state index is 0.190. The Morgan fingerprint density at radius 1 is 1.55 bits per heavy atom. The van der Waals surface area contributed by atoms with Crippen LogP contribution < -0.4 is 0 Å². The summed E-state index contributed by atoms with van der Waals surface area (Å²) in [5.41, 5.74) is 0.787. The Labute approximate surface area is 118 Å². The molecule has 0 spiro atoms. The van der Waals surface area contributed by atoms with Gasteiger partial charge in [-0.25, -0.2) is 9.78 Å². The van der Waals surface area contributed by atoms with E-state index in [2.05, 4.69) is 9.97 Å². The maximum Gasteiger partial charge on any atom is 0.328 e. The average Bonchev–Trinajstić information content (AvgIpc) is 2.95. The summed E-state index contributed by atoms with van der Waals surface area (Å²) in [5, 5.41) is 0. The SMILES string of the molecule is CC=CC(=O)N(CCC)[C@@H](Cc1cnc[nH]1)C(=O)OC. The van der Waals surface area contributed by atoms with E-state index in [4.69, 9.17) is 4.74 Å². The Morgan fingerprint density at radius 2 is 2.30 bits per heavy atom. The number of nitrogens with zero attached hydrogens (tertiary/aromatic N) is 2. The molecular weight excluding hydrogens is 258 g/mol. The van der Waals surface area contributed by atoms with Gasteiger partial charge in [0, 0.05) is 24.9 Å². The standard InChI is InChI=1S/C14H21N3O3/c1-4-6-13(18)17(7-5-2)12(14(19)20-3)8-11-9-15-10-16-11/h4,6,9-10,12H,5,7-8H2,1-3H3,(H,15,16)/t12-/m0/s1. The zero-order valence-electron chi connectivity index (χ0n) is 12.1. The van der Waals surface area contributed by atoms with Gasteiger partial charge in [0.1, 0.15) is 6.04 Å². The summed E-state index contributed by atoms with van der Waals surface area (Å²) in [6, 6.07) is -0.649. The Balaban J connectivity index is 2.97. The van der Waals surface area contributed by atoms with Crippen molar-refractivity contribution >= 4 is 11.9 Å². The van der Waals surface area contributed by atoms with Gasteiger partial charge in [-0.05, 0) is 19.4 Å². The number of esters is 1.